The van der Waals surface area contributed by atoms with Crippen LogP contribution in [0.2, 0.25) is 0 Å². The second-order valence-electron chi connectivity index (χ2n) is 5.54. The number of thiazole rings is 1. The second kappa shape index (κ2) is 9.11. The van der Waals surface area contributed by atoms with Gasteiger partial charge in [0, 0.05) is 16.8 Å². The van der Waals surface area contributed by atoms with Crippen molar-refractivity contribution < 1.29 is 9.53 Å². The Morgan fingerprint density at radius 1 is 1.04 bits per heavy atom. The van der Waals surface area contributed by atoms with Gasteiger partial charge in [0.2, 0.25) is 5.91 Å². The first-order chi connectivity index (χ1) is 13.1. The number of para-hydroxylation sites is 1. The molecule has 6 nitrogen and oxygen atoms in total. The standard InChI is InChI=1S/C19H18N4O2S2/c1-25-16-9-7-14(8-10-16)21-18(26)23-19-22-15(12-27-19)11-17(24)20-13-5-3-2-4-6-13/h2-10,12H,11H2,1H3,(H,20,24)(H2,21,22,23,26). The maximum atomic E-state index is 12.1. The van der Waals surface area contributed by atoms with Gasteiger partial charge >= 0.3 is 0 Å². The zero-order chi connectivity index (χ0) is 19.1. The quantitative estimate of drug-likeness (QED) is 0.542. The van der Waals surface area contributed by atoms with Crippen molar-refractivity contribution in [1.82, 2.24) is 4.98 Å². The van der Waals surface area contributed by atoms with E-state index in [0.717, 1.165) is 17.1 Å². The average Bonchev–Trinajstić information content (AvgIpc) is 3.09. The van der Waals surface area contributed by atoms with Crippen LogP contribution in [0.1, 0.15) is 5.69 Å². The number of nitrogens with one attached hydrogen (secondary N) is 3. The van der Waals surface area contributed by atoms with Crippen LogP contribution in [-0.2, 0) is 11.2 Å². The number of ether oxygens (including phenoxy) is 1. The average molecular weight is 399 g/mol. The van der Waals surface area contributed by atoms with E-state index in [9.17, 15) is 4.79 Å². The Morgan fingerprint density at radius 2 is 1.74 bits per heavy atom. The van der Waals surface area contributed by atoms with E-state index >= 15 is 0 Å². The molecule has 0 radical (unpaired) electrons. The highest BCUT2D eigenvalue weighted by Gasteiger charge is 2.09. The molecular formula is C19H18N4O2S2. The number of amides is 1. The molecule has 0 spiro atoms. The molecule has 3 aromatic rings. The minimum atomic E-state index is -0.114. The van der Waals surface area contributed by atoms with Crippen LogP contribution in [0.5, 0.6) is 5.75 Å². The predicted octanol–water partition coefficient (Wildman–Crippen LogP) is 4.14. The Balaban J connectivity index is 1.50. The lowest BCUT2D eigenvalue weighted by Gasteiger charge is -2.08. The third kappa shape index (κ3) is 5.77. The van der Waals surface area contributed by atoms with E-state index in [-0.39, 0.29) is 12.3 Å². The van der Waals surface area contributed by atoms with E-state index in [4.69, 9.17) is 17.0 Å². The van der Waals surface area contributed by atoms with E-state index < -0.39 is 0 Å². The maximum Gasteiger partial charge on any atom is 0.230 e. The van der Waals surface area contributed by atoms with Crippen LogP contribution >= 0.6 is 23.6 Å². The predicted molar refractivity (Wildman–Crippen MR) is 114 cm³/mol. The van der Waals surface area contributed by atoms with Crippen LogP contribution < -0.4 is 20.7 Å². The molecule has 0 saturated carbocycles. The van der Waals surface area contributed by atoms with Gasteiger partial charge in [-0.05, 0) is 48.6 Å². The molecule has 0 fully saturated rings. The number of anilines is 3. The molecule has 3 N–H and O–H groups in total. The molecule has 0 atom stereocenters. The maximum absolute atomic E-state index is 12.1. The van der Waals surface area contributed by atoms with E-state index in [1.807, 2.05) is 60.0 Å². The minimum Gasteiger partial charge on any atom is -0.497 e. The monoisotopic (exact) mass is 398 g/mol. The van der Waals surface area contributed by atoms with Crippen molar-refractivity contribution in [1.29, 1.82) is 0 Å². The van der Waals surface area contributed by atoms with Gasteiger partial charge in [-0.1, -0.05) is 18.2 Å². The summed E-state index contributed by atoms with van der Waals surface area (Å²) in [5.41, 5.74) is 2.29. The lowest BCUT2D eigenvalue weighted by Crippen LogP contribution is -2.19. The van der Waals surface area contributed by atoms with Crippen molar-refractivity contribution >= 4 is 51.1 Å². The highest BCUT2D eigenvalue weighted by Crippen LogP contribution is 2.18. The van der Waals surface area contributed by atoms with Crippen LogP contribution in [0.3, 0.4) is 0 Å². The number of hydrogen-bond donors (Lipinski definition) is 3. The van der Waals surface area contributed by atoms with Gasteiger partial charge < -0.3 is 20.7 Å². The summed E-state index contributed by atoms with van der Waals surface area (Å²) < 4.78 is 5.12. The largest absolute Gasteiger partial charge is 0.497 e. The van der Waals surface area contributed by atoms with Crippen molar-refractivity contribution in [2.75, 3.05) is 23.1 Å². The first-order valence-electron chi connectivity index (χ1n) is 8.14. The number of aromatic nitrogens is 1. The fourth-order valence-electron chi connectivity index (χ4n) is 2.27. The summed E-state index contributed by atoms with van der Waals surface area (Å²) in [4.78, 5) is 16.5. The smallest absolute Gasteiger partial charge is 0.230 e. The van der Waals surface area contributed by atoms with Crippen molar-refractivity contribution in [3.05, 3.63) is 65.7 Å². The van der Waals surface area contributed by atoms with Gasteiger partial charge in [-0.15, -0.1) is 11.3 Å². The lowest BCUT2D eigenvalue weighted by atomic mass is 10.3. The van der Waals surface area contributed by atoms with Crippen LogP contribution in [0.25, 0.3) is 0 Å². The van der Waals surface area contributed by atoms with Gasteiger partial charge in [-0.3, -0.25) is 4.79 Å². The summed E-state index contributed by atoms with van der Waals surface area (Å²) in [6, 6.07) is 16.8. The molecule has 3 rings (SSSR count). The highest BCUT2D eigenvalue weighted by molar-refractivity contribution is 7.80. The van der Waals surface area contributed by atoms with Gasteiger partial charge in [0.05, 0.1) is 19.2 Å². The Bertz CT molecular complexity index is 911. The summed E-state index contributed by atoms with van der Waals surface area (Å²) in [6.07, 6.45) is 0.200. The number of methoxy groups -OCH3 is 1. The molecule has 2 aromatic carbocycles. The van der Waals surface area contributed by atoms with Crippen LogP contribution in [0, 0.1) is 0 Å². The van der Waals surface area contributed by atoms with Crippen molar-refractivity contribution in [2.45, 2.75) is 6.42 Å². The molecule has 1 amide bonds. The van der Waals surface area contributed by atoms with E-state index in [1.54, 1.807) is 7.11 Å². The number of thiocarbonyl (C=S) groups is 1. The van der Waals surface area contributed by atoms with Crippen LogP contribution in [0.4, 0.5) is 16.5 Å². The van der Waals surface area contributed by atoms with Gasteiger partial charge in [0.1, 0.15) is 5.75 Å². The third-order valence-corrected chi connectivity index (χ3v) is 4.53. The van der Waals surface area contributed by atoms with Crippen LogP contribution in [0.15, 0.2) is 60.0 Å². The molecule has 1 heterocycles. The molecule has 0 aliphatic heterocycles. The van der Waals surface area contributed by atoms with Crippen molar-refractivity contribution in [3.63, 3.8) is 0 Å². The molecule has 27 heavy (non-hydrogen) atoms. The molecule has 8 heteroatoms. The molecule has 138 valence electrons. The Labute approximate surface area is 166 Å². The van der Waals surface area contributed by atoms with Gasteiger partial charge in [-0.2, -0.15) is 0 Å². The second-order valence-corrected chi connectivity index (χ2v) is 6.81. The summed E-state index contributed by atoms with van der Waals surface area (Å²) in [6.45, 7) is 0. The number of carbonyl (C=O) groups excluding carboxylic acids is 1. The van der Waals surface area contributed by atoms with E-state index in [1.165, 1.54) is 11.3 Å². The number of carbonyl (C=O) groups is 1. The Morgan fingerprint density at radius 3 is 2.44 bits per heavy atom. The van der Waals surface area contributed by atoms with Gasteiger partial charge in [-0.25, -0.2) is 4.98 Å². The zero-order valence-electron chi connectivity index (χ0n) is 14.6. The first-order valence-corrected chi connectivity index (χ1v) is 9.42. The first kappa shape index (κ1) is 18.8. The third-order valence-electron chi connectivity index (χ3n) is 3.52. The van der Waals surface area contributed by atoms with Crippen molar-refractivity contribution in [2.24, 2.45) is 0 Å². The fraction of sp³-hybridized carbons (Fsp3) is 0.105. The molecule has 0 saturated heterocycles. The van der Waals surface area contributed by atoms with Crippen LogP contribution in [-0.4, -0.2) is 23.1 Å². The summed E-state index contributed by atoms with van der Waals surface area (Å²) >= 11 is 6.69. The van der Waals surface area contributed by atoms with E-state index in [2.05, 4.69) is 20.9 Å². The normalized spacial score (nSPS) is 10.1. The van der Waals surface area contributed by atoms with Crippen molar-refractivity contribution in [3.8, 4) is 5.75 Å². The number of nitrogens with zero attached hydrogens (tertiary/aromatic N) is 1. The Kier molecular flexibility index (Phi) is 6.35. The number of rotatable bonds is 6. The Hall–Kier alpha value is -2.97. The summed E-state index contributed by atoms with van der Waals surface area (Å²) in [7, 11) is 1.62. The molecular weight excluding hydrogens is 380 g/mol. The highest BCUT2D eigenvalue weighted by atomic mass is 32.1. The topological polar surface area (TPSA) is 75.3 Å². The fourth-order valence-corrected chi connectivity index (χ4v) is 3.26. The number of benzene rings is 2. The van der Waals surface area contributed by atoms with E-state index in [0.29, 0.717) is 15.9 Å². The zero-order valence-corrected chi connectivity index (χ0v) is 16.2. The molecule has 0 unspecified atom stereocenters. The summed E-state index contributed by atoms with van der Waals surface area (Å²) in [5, 5.41) is 11.8. The lowest BCUT2D eigenvalue weighted by molar-refractivity contribution is -0.115. The van der Waals surface area contributed by atoms with Gasteiger partial charge in [0.15, 0.2) is 10.2 Å². The van der Waals surface area contributed by atoms with Gasteiger partial charge in [0.25, 0.3) is 0 Å². The molecule has 1 aromatic heterocycles. The molecule has 0 bridgehead atoms. The minimum absolute atomic E-state index is 0.114. The molecule has 0 aliphatic rings. The summed E-state index contributed by atoms with van der Waals surface area (Å²) in [5.74, 6) is 0.662. The number of hydrogen-bond acceptors (Lipinski definition) is 5. The SMILES string of the molecule is COc1ccc(NC(=S)Nc2nc(CC(=O)Nc3ccccc3)cs2)cc1. The molecule has 0 aliphatic carbocycles.